The fourth-order valence-corrected chi connectivity index (χ4v) is 3.19. The lowest BCUT2D eigenvalue weighted by atomic mass is 10.1. The predicted octanol–water partition coefficient (Wildman–Crippen LogP) is 2.82. The maximum atomic E-state index is 4.55. The van der Waals surface area contributed by atoms with Crippen LogP contribution in [0.4, 0.5) is 0 Å². The molecule has 1 aliphatic heterocycles. The molecular formula is C16H18N4. The quantitative estimate of drug-likeness (QED) is 0.736. The number of nitrogens with zero attached hydrogens (tertiary/aromatic N) is 3. The molecule has 0 radical (unpaired) electrons. The van der Waals surface area contributed by atoms with Crippen molar-refractivity contribution in [1.82, 2.24) is 19.9 Å². The number of hydrogen-bond donors (Lipinski definition) is 1. The molecule has 4 heteroatoms. The number of nitrogens with one attached hydrogen (secondary N) is 1. The lowest BCUT2D eigenvalue weighted by molar-refractivity contribution is 0.375. The Labute approximate surface area is 117 Å². The van der Waals surface area contributed by atoms with E-state index in [1.165, 1.54) is 29.3 Å². The number of aromatic nitrogens is 3. The maximum absolute atomic E-state index is 4.55. The van der Waals surface area contributed by atoms with Crippen LogP contribution < -0.4 is 5.32 Å². The van der Waals surface area contributed by atoms with Gasteiger partial charge in [-0.3, -0.25) is 4.98 Å². The van der Waals surface area contributed by atoms with Crippen LogP contribution in [0.2, 0.25) is 0 Å². The van der Waals surface area contributed by atoms with E-state index in [-0.39, 0.29) is 0 Å². The molecule has 20 heavy (non-hydrogen) atoms. The summed E-state index contributed by atoms with van der Waals surface area (Å²) in [5.41, 5.74) is 4.57. The first-order chi connectivity index (χ1) is 9.83. The zero-order valence-corrected chi connectivity index (χ0v) is 11.6. The van der Waals surface area contributed by atoms with Crippen molar-refractivity contribution in [3.63, 3.8) is 0 Å². The Bertz CT molecular complexity index is 769. The fourth-order valence-electron chi connectivity index (χ4n) is 3.19. The summed E-state index contributed by atoms with van der Waals surface area (Å²) in [7, 11) is 0. The van der Waals surface area contributed by atoms with E-state index in [1.54, 1.807) is 0 Å². The van der Waals surface area contributed by atoms with Crippen molar-refractivity contribution in [2.24, 2.45) is 0 Å². The molecule has 102 valence electrons. The summed E-state index contributed by atoms with van der Waals surface area (Å²) in [5, 5.41) is 4.65. The van der Waals surface area contributed by atoms with Crippen LogP contribution in [0.15, 0.2) is 30.7 Å². The van der Waals surface area contributed by atoms with Gasteiger partial charge in [0.25, 0.3) is 0 Å². The number of benzene rings is 1. The summed E-state index contributed by atoms with van der Waals surface area (Å²) in [5.74, 6) is 0. The number of piperidine rings is 1. The molecule has 3 aromatic rings. The van der Waals surface area contributed by atoms with Crippen molar-refractivity contribution >= 4 is 21.9 Å². The molecule has 4 nitrogen and oxygen atoms in total. The third-order valence-corrected chi connectivity index (χ3v) is 4.26. The molecule has 0 atom stereocenters. The highest BCUT2D eigenvalue weighted by molar-refractivity contribution is 6.02. The van der Waals surface area contributed by atoms with E-state index in [0.29, 0.717) is 6.04 Å². The molecular weight excluding hydrogens is 248 g/mol. The van der Waals surface area contributed by atoms with Crippen molar-refractivity contribution in [3.05, 3.63) is 36.3 Å². The molecule has 1 saturated heterocycles. The standard InChI is InChI=1S/C16H18N4/c1-11-2-3-14-13(8-11)16-15(9-18-14)19-10-20(16)12-4-6-17-7-5-12/h2-3,8-10,12,17H,4-7H2,1H3. The van der Waals surface area contributed by atoms with Crippen molar-refractivity contribution in [1.29, 1.82) is 0 Å². The molecule has 1 aliphatic rings. The Hall–Kier alpha value is -1.94. The van der Waals surface area contributed by atoms with Crippen molar-refractivity contribution < 1.29 is 0 Å². The third-order valence-electron chi connectivity index (χ3n) is 4.26. The van der Waals surface area contributed by atoms with Gasteiger partial charge in [-0.15, -0.1) is 0 Å². The van der Waals surface area contributed by atoms with Crippen LogP contribution in [-0.2, 0) is 0 Å². The fraction of sp³-hybridized carbons (Fsp3) is 0.375. The van der Waals surface area contributed by atoms with Gasteiger partial charge in [0.05, 0.1) is 23.6 Å². The molecule has 4 rings (SSSR count). The lowest BCUT2D eigenvalue weighted by Crippen LogP contribution is -2.29. The second-order valence-corrected chi connectivity index (χ2v) is 5.65. The summed E-state index contributed by atoms with van der Waals surface area (Å²) in [6, 6.07) is 6.99. The summed E-state index contributed by atoms with van der Waals surface area (Å²) in [6.45, 7) is 4.31. The highest BCUT2D eigenvalue weighted by atomic mass is 15.1. The minimum absolute atomic E-state index is 0.548. The topological polar surface area (TPSA) is 42.7 Å². The number of hydrogen-bond acceptors (Lipinski definition) is 3. The minimum atomic E-state index is 0.548. The summed E-state index contributed by atoms with van der Waals surface area (Å²) in [6.07, 6.45) is 6.22. The molecule has 0 saturated carbocycles. The second kappa shape index (κ2) is 4.56. The van der Waals surface area contributed by atoms with Gasteiger partial charge in [-0.25, -0.2) is 4.98 Å². The number of aryl methyl sites for hydroxylation is 1. The van der Waals surface area contributed by atoms with Crippen LogP contribution in [0, 0.1) is 6.92 Å². The summed E-state index contributed by atoms with van der Waals surface area (Å²) >= 11 is 0. The first-order valence-electron chi connectivity index (χ1n) is 7.25. The Morgan fingerprint density at radius 2 is 2.00 bits per heavy atom. The van der Waals surface area contributed by atoms with E-state index < -0.39 is 0 Å². The Morgan fingerprint density at radius 3 is 2.85 bits per heavy atom. The molecule has 3 heterocycles. The predicted molar refractivity (Wildman–Crippen MR) is 80.9 cm³/mol. The summed E-state index contributed by atoms with van der Waals surface area (Å²) in [4.78, 5) is 9.07. The van der Waals surface area contributed by atoms with Gasteiger partial charge in [0.15, 0.2) is 0 Å². The molecule has 2 aromatic heterocycles. The van der Waals surface area contributed by atoms with E-state index in [9.17, 15) is 0 Å². The number of rotatable bonds is 1. The van der Waals surface area contributed by atoms with Gasteiger partial charge in [-0.05, 0) is 45.0 Å². The third kappa shape index (κ3) is 1.79. The van der Waals surface area contributed by atoms with E-state index in [1.807, 2.05) is 12.5 Å². The second-order valence-electron chi connectivity index (χ2n) is 5.65. The van der Waals surface area contributed by atoms with Crippen molar-refractivity contribution in [2.45, 2.75) is 25.8 Å². The van der Waals surface area contributed by atoms with Gasteiger partial charge in [-0.1, -0.05) is 11.6 Å². The van der Waals surface area contributed by atoms with Crippen LogP contribution >= 0.6 is 0 Å². The molecule has 0 spiro atoms. The number of imidazole rings is 1. The highest BCUT2D eigenvalue weighted by Gasteiger charge is 2.18. The molecule has 1 N–H and O–H groups in total. The molecule has 0 amide bonds. The van der Waals surface area contributed by atoms with Crippen LogP contribution in [0.25, 0.3) is 21.9 Å². The molecule has 1 aromatic carbocycles. The zero-order chi connectivity index (χ0) is 13.5. The Morgan fingerprint density at radius 1 is 1.15 bits per heavy atom. The number of fused-ring (bicyclic) bond motifs is 3. The Kier molecular flexibility index (Phi) is 2.70. The SMILES string of the molecule is Cc1ccc2ncc3ncn(C4CCNCC4)c3c2c1. The van der Waals surface area contributed by atoms with E-state index in [2.05, 4.69) is 45.0 Å². The normalized spacial score (nSPS) is 17.1. The summed E-state index contributed by atoms with van der Waals surface area (Å²) < 4.78 is 2.36. The zero-order valence-electron chi connectivity index (χ0n) is 11.6. The average Bonchev–Trinajstić information content (AvgIpc) is 2.92. The highest BCUT2D eigenvalue weighted by Crippen LogP contribution is 2.29. The molecule has 0 aliphatic carbocycles. The molecule has 0 unspecified atom stereocenters. The van der Waals surface area contributed by atoms with Gasteiger partial charge in [-0.2, -0.15) is 0 Å². The largest absolute Gasteiger partial charge is 0.327 e. The van der Waals surface area contributed by atoms with Gasteiger partial charge >= 0.3 is 0 Å². The average molecular weight is 266 g/mol. The van der Waals surface area contributed by atoms with E-state index in [0.717, 1.165) is 24.1 Å². The lowest BCUT2D eigenvalue weighted by Gasteiger charge is -2.24. The van der Waals surface area contributed by atoms with E-state index >= 15 is 0 Å². The monoisotopic (exact) mass is 266 g/mol. The first kappa shape index (κ1) is 11.9. The Balaban J connectivity index is 1.99. The van der Waals surface area contributed by atoms with Crippen LogP contribution in [-0.4, -0.2) is 27.6 Å². The van der Waals surface area contributed by atoms with Gasteiger partial charge in [0.1, 0.15) is 5.52 Å². The minimum Gasteiger partial charge on any atom is -0.327 e. The number of pyridine rings is 1. The molecule has 0 bridgehead atoms. The molecule has 1 fully saturated rings. The maximum Gasteiger partial charge on any atom is 0.107 e. The van der Waals surface area contributed by atoms with Gasteiger partial charge in [0.2, 0.25) is 0 Å². The van der Waals surface area contributed by atoms with Crippen LogP contribution in [0.5, 0.6) is 0 Å². The smallest absolute Gasteiger partial charge is 0.107 e. The van der Waals surface area contributed by atoms with Crippen molar-refractivity contribution in [3.8, 4) is 0 Å². The first-order valence-corrected chi connectivity index (χ1v) is 7.25. The van der Waals surface area contributed by atoms with Crippen molar-refractivity contribution in [2.75, 3.05) is 13.1 Å². The van der Waals surface area contributed by atoms with Crippen LogP contribution in [0.1, 0.15) is 24.4 Å². The van der Waals surface area contributed by atoms with Gasteiger partial charge < -0.3 is 9.88 Å². The van der Waals surface area contributed by atoms with Crippen LogP contribution in [0.3, 0.4) is 0 Å². The van der Waals surface area contributed by atoms with E-state index in [4.69, 9.17) is 0 Å². The van der Waals surface area contributed by atoms with Gasteiger partial charge in [0, 0.05) is 11.4 Å².